The van der Waals surface area contributed by atoms with Crippen molar-refractivity contribution in [1.82, 2.24) is 5.32 Å². The number of hydrogen-bond donors (Lipinski definition) is 1. The second-order valence-corrected chi connectivity index (χ2v) is 9.85. The molecule has 2 aromatic carbocycles. The fourth-order valence-corrected chi connectivity index (χ4v) is 5.24. The minimum Gasteiger partial charge on any atom is -0.381 e. The smallest absolute Gasteiger partial charge is 0.271 e. The summed E-state index contributed by atoms with van der Waals surface area (Å²) in [7, 11) is -3.89. The first-order valence-electron chi connectivity index (χ1n) is 10.3. The summed E-state index contributed by atoms with van der Waals surface area (Å²) in [5, 5.41) is 14.0. The van der Waals surface area contributed by atoms with E-state index in [1.54, 1.807) is 0 Å². The van der Waals surface area contributed by atoms with E-state index < -0.39 is 26.9 Å². The highest BCUT2D eigenvalue weighted by Gasteiger charge is 2.36. The van der Waals surface area contributed by atoms with Crippen molar-refractivity contribution in [2.45, 2.75) is 31.2 Å². The lowest BCUT2D eigenvalue weighted by molar-refractivity contribution is -0.384. The first kappa shape index (κ1) is 23.7. The van der Waals surface area contributed by atoms with Crippen molar-refractivity contribution in [3.05, 3.63) is 70.3 Å². The first-order chi connectivity index (χ1) is 15.1. The van der Waals surface area contributed by atoms with E-state index in [-0.39, 0.29) is 16.8 Å². The van der Waals surface area contributed by atoms with Gasteiger partial charge in [-0.15, -0.1) is 0 Å². The highest BCUT2D eigenvalue weighted by Crippen LogP contribution is 2.34. The van der Waals surface area contributed by atoms with Gasteiger partial charge in [-0.3, -0.25) is 19.2 Å². The molecule has 1 atom stereocenters. The Labute approximate surface area is 187 Å². The number of rotatable bonds is 8. The van der Waals surface area contributed by atoms with Gasteiger partial charge in [0.05, 0.1) is 16.9 Å². The van der Waals surface area contributed by atoms with Crippen molar-refractivity contribution in [2.75, 3.05) is 30.3 Å². The zero-order valence-electron chi connectivity index (χ0n) is 18.1. The molecule has 172 valence electrons. The molecule has 10 heteroatoms. The van der Waals surface area contributed by atoms with Crippen molar-refractivity contribution >= 4 is 27.3 Å². The zero-order chi connectivity index (χ0) is 23.4. The lowest BCUT2D eigenvalue weighted by atomic mass is 9.74. The van der Waals surface area contributed by atoms with Crippen molar-refractivity contribution in [3.63, 3.8) is 0 Å². The number of benzene rings is 2. The number of hydrogen-bond acceptors (Lipinski definition) is 6. The van der Waals surface area contributed by atoms with E-state index in [1.807, 2.05) is 30.3 Å². The van der Waals surface area contributed by atoms with E-state index in [9.17, 15) is 23.3 Å². The topological polar surface area (TPSA) is 119 Å². The minimum absolute atomic E-state index is 0.0631. The average molecular weight is 462 g/mol. The Hall–Kier alpha value is -2.98. The fourth-order valence-electron chi connectivity index (χ4n) is 4.08. The Morgan fingerprint density at radius 3 is 2.44 bits per heavy atom. The molecule has 0 saturated carbocycles. The van der Waals surface area contributed by atoms with Gasteiger partial charge in [0, 0.05) is 37.3 Å². The number of carbonyl (C=O) groups is 1. The van der Waals surface area contributed by atoms with E-state index in [4.69, 9.17) is 4.74 Å². The van der Waals surface area contributed by atoms with Gasteiger partial charge in [-0.05, 0) is 31.4 Å². The highest BCUT2D eigenvalue weighted by molar-refractivity contribution is 7.92. The molecule has 3 rings (SSSR count). The van der Waals surface area contributed by atoms with Crippen LogP contribution in [0.1, 0.15) is 25.3 Å². The number of amides is 1. The molecule has 1 aliphatic rings. The maximum absolute atomic E-state index is 13.1. The normalized spacial score (nSPS) is 16.7. The van der Waals surface area contributed by atoms with Crippen LogP contribution in [0, 0.1) is 10.1 Å². The Balaban J connectivity index is 1.83. The molecule has 1 fully saturated rings. The standard InChI is InChI=1S/C22H27N3O6S/c1-17(24(32(2,29)30)19-9-6-10-20(15-19)25(27)28)21(26)23-16-22(11-13-31-14-12-22)18-7-4-3-5-8-18/h3-10,15,17H,11-14,16H2,1-2H3,(H,23,26)/t17-/m1/s1. The third-order valence-corrected chi connectivity index (χ3v) is 7.06. The predicted molar refractivity (Wildman–Crippen MR) is 121 cm³/mol. The van der Waals surface area contributed by atoms with E-state index >= 15 is 0 Å². The SMILES string of the molecule is C[C@H](C(=O)NCC1(c2ccccc2)CCOCC1)N(c1cccc([N+](=O)[O-])c1)S(C)(=O)=O. The van der Waals surface area contributed by atoms with Crippen molar-refractivity contribution < 1.29 is 22.9 Å². The molecule has 1 heterocycles. The largest absolute Gasteiger partial charge is 0.381 e. The Bertz CT molecular complexity index is 1070. The molecule has 0 radical (unpaired) electrons. The van der Waals surface area contributed by atoms with Gasteiger partial charge in [-0.25, -0.2) is 8.42 Å². The van der Waals surface area contributed by atoms with Crippen molar-refractivity contribution in [2.24, 2.45) is 0 Å². The molecule has 0 aliphatic carbocycles. The van der Waals surface area contributed by atoms with Gasteiger partial charge in [-0.1, -0.05) is 36.4 Å². The Morgan fingerprint density at radius 1 is 1.19 bits per heavy atom. The van der Waals surface area contributed by atoms with Crippen LogP contribution in [0.5, 0.6) is 0 Å². The summed E-state index contributed by atoms with van der Waals surface area (Å²) < 4.78 is 31.4. The van der Waals surface area contributed by atoms with Crippen LogP contribution in [0.3, 0.4) is 0 Å². The lowest BCUT2D eigenvalue weighted by Crippen LogP contribution is -2.51. The van der Waals surface area contributed by atoms with Crippen molar-refractivity contribution in [1.29, 1.82) is 0 Å². The molecule has 0 unspecified atom stereocenters. The summed E-state index contributed by atoms with van der Waals surface area (Å²) >= 11 is 0. The van der Waals surface area contributed by atoms with Crippen LogP contribution in [0.2, 0.25) is 0 Å². The molecule has 1 amide bonds. The average Bonchev–Trinajstić information content (AvgIpc) is 2.78. The molecule has 0 spiro atoms. The number of anilines is 1. The molecular weight excluding hydrogens is 434 g/mol. The fraction of sp³-hybridized carbons (Fsp3) is 0.409. The van der Waals surface area contributed by atoms with E-state index in [2.05, 4.69) is 5.32 Å². The number of nitrogens with one attached hydrogen (secondary N) is 1. The van der Waals surface area contributed by atoms with Crippen molar-refractivity contribution in [3.8, 4) is 0 Å². The highest BCUT2D eigenvalue weighted by atomic mass is 32.2. The van der Waals surface area contributed by atoms with Crippen LogP contribution < -0.4 is 9.62 Å². The van der Waals surface area contributed by atoms with Crippen LogP contribution in [0.25, 0.3) is 0 Å². The number of ether oxygens (including phenoxy) is 1. The molecule has 1 saturated heterocycles. The third kappa shape index (κ3) is 5.25. The monoisotopic (exact) mass is 461 g/mol. The summed E-state index contributed by atoms with van der Waals surface area (Å²) in [6.07, 6.45) is 2.43. The third-order valence-electron chi connectivity index (χ3n) is 5.82. The van der Waals surface area contributed by atoms with Crippen LogP contribution in [-0.4, -0.2) is 51.3 Å². The van der Waals surface area contributed by atoms with Gasteiger partial charge < -0.3 is 10.1 Å². The summed E-state index contributed by atoms with van der Waals surface area (Å²) in [6.45, 7) is 2.94. The molecule has 9 nitrogen and oxygen atoms in total. The number of non-ortho nitro benzene ring substituents is 1. The summed E-state index contributed by atoms with van der Waals surface area (Å²) in [4.78, 5) is 23.6. The van der Waals surface area contributed by atoms with Crippen LogP contribution >= 0.6 is 0 Å². The Kier molecular flexibility index (Phi) is 7.15. The zero-order valence-corrected chi connectivity index (χ0v) is 18.9. The van der Waals surface area contributed by atoms with Gasteiger partial charge in [0.2, 0.25) is 15.9 Å². The van der Waals surface area contributed by atoms with Gasteiger partial charge in [0.25, 0.3) is 5.69 Å². The molecule has 0 aromatic heterocycles. The molecule has 2 aromatic rings. The molecule has 32 heavy (non-hydrogen) atoms. The van der Waals surface area contributed by atoms with E-state index in [1.165, 1.54) is 25.1 Å². The van der Waals surface area contributed by atoms with Crippen LogP contribution in [0.4, 0.5) is 11.4 Å². The molecule has 1 N–H and O–H groups in total. The van der Waals surface area contributed by atoms with Gasteiger partial charge in [0.15, 0.2) is 0 Å². The summed E-state index contributed by atoms with van der Waals surface area (Å²) in [5.41, 5.74) is 0.591. The minimum atomic E-state index is -3.89. The molecule has 1 aliphatic heterocycles. The number of nitro benzene ring substituents is 1. The molecular formula is C22H27N3O6S. The predicted octanol–water partition coefficient (Wildman–Crippen LogP) is 2.61. The summed E-state index contributed by atoms with van der Waals surface area (Å²) in [5.74, 6) is -0.483. The van der Waals surface area contributed by atoms with Crippen LogP contribution in [0.15, 0.2) is 54.6 Å². The molecule has 0 bridgehead atoms. The number of nitrogens with zero attached hydrogens (tertiary/aromatic N) is 2. The van der Waals surface area contributed by atoms with Gasteiger partial charge in [-0.2, -0.15) is 0 Å². The number of carbonyl (C=O) groups excluding carboxylic acids is 1. The van der Waals surface area contributed by atoms with E-state index in [0.29, 0.717) is 19.8 Å². The number of sulfonamides is 1. The van der Waals surface area contributed by atoms with Gasteiger partial charge >= 0.3 is 0 Å². The number of nitro groups is 1. The maximum atomic E-state index is 13.1. The second kappa shape index (κ2) is 9.66. The second-order valence-electron chi connectivity index (χ2n) is 7.99. The Morgan fingerprint density at radius 2 is 1.84 bits per heavy atom. The van der Waals surface area contributed by atoms with Crippen LogP contribution in [-0.2, 0) is 25.0 Å². The quantitative estimate of drug-likeness (QED) is 0.477. The van der Waals surface area contributed by atoms with Gasteiger partial charge in [0.1, 0.15) is 6.04 Å². The van der Waals surface area contributed by atoms with E-state index in [0.717, 1.165) is 35.0 Å². The lowest BCUT2D eigenvalue weighted by Gasteiger charge is -2.38. The first-order valence-corrected chi connectivity index (χ1v) is 12.1. The summed E-state index contributed by atoms with van der Waals surface area (Å²) in [6, 6.07) is 14.0. The maximum Gasteiger partial charge on any atom is 0.271 e.